The highest BCUT2D eigenvalue weighted by atomic mass is 16.3. The van der Waals surface area contributed by atoms with Crippen LogP contribution in [-0.4, -0.2) is 19.2 Å². The number of aromatic hydroxyl groups is 1. The molecule has 0 bridgehead atoms. The third kappa shape index (κ3) is 2.34. The smallest absolute Gasteiger partial charge is 0.341 e. The summed E-state index contributed by atoms with van der Waals surface area (Å²) in [5.74, 6) is -0.483. The Morgan fingerprint density at radius 2 is 1.31 bits per heavy atom. The molecule has 0 fully saturated rings. The predicted molar refractivity (Wildman–Crippen MR) is 97.4 cm³/mol. The number of para-hydroxylation sites is 2. The molecule has 0 aliphatic rings. The maximum atomic E-state index is 13.1. The van der Waals surface area contributed by atoms with Gasteiger partial charge in [-0.25, -0.2) is 13.9 Å². The molecule has 4 aromatic rings. The van der Waals surface area contributed by atoms with E-state index in [0.717, 1.165) is 10.6 Å². The highest BCUT2D eigenvalue weighted by Gasteiger charge is 2.19. The van der Waals surface area contributed by atoms with E-state index in [0.29, 0.717) is 11.4 Å². The van der Waals surface area contributed by atoms with Gasteiger partial charge >= 0.3 is 5.69 Å². The molecule has 7 heteroatoms. The van der Waals surface area contributed by atoms with Gasteiger partial charge < -0.3 is 10.1 Å². The zero-order chi connectivity index (χ0) is 18.3. The van der Waals surface area contributed by atoms with Gasteiger partial charge in [0.25, 0.3) is 11.1 Å². The highest BCUT2D eigenvalue weighted by Crippen LogP contribution is 2.19. The van der Waals surface area contributed by atoms with Crippen molar-refractivity contribution in [2.45, 2.75) is 0 Å². The average molecular weight is 347 g/mol. The normalized spacial score (nSPS) is 10.9. The molecule has 0 aliphatic heterocycles. The molecule has 128 valence electrons. The second-order valence-corrected chi connectivity index (χ2v) is 5.67. The van der Waals surface area contributed by atoms with Crippen LogP contribution < -0.4 is 16.8 Å². The van der Waals surface area contributed by atoms with E-state index in [9.17, 15) is 19.5 Å². The Kier molecular flexibility index (Phi) is 3.54. The SMILES string of the molecule is O=c1cc(O)c2c(=O)n(-c3ccccc3)c(=O)n(-c3ccccc3)c2[nH]1. The van der Waals surface area contributed by atoms with Gasteiger partial charge in [-0.15, -0.1) is 0 Å². The first-order chi connectivity index (χ1) is 12.6. The minimum absolute atomic E-state index is 0.0524. The third-order valence-corrected chi connectivity index (χ3v) is 4.05. The van der Waals surface area contributed by atoms with Crippen molar-refractivity contribution < 1.29 is 5.11 Å². The van der Waals surface area contributed by atoms with Crippen LogP contribution in [-0.2, 0) is 0 Å². The van der Waals surface area contributed by atoms with Crippen LogP contribution in [0.3, 0.4) is 0 Å². The molecule has 4 rings (SSSR count). The third-order valence-electron chi connectivity index (χ3n) is 4.05. The Morgan fingerprint density at radius 3 is 1.88 bits per heavy atom. The maximum absolute atomic E-state index is 13.1. The average Bonchev–Trinajstić information content (AvgIpc) is 2.63. The number of aromatic amines is 1. The minimum atomic E-state index is -0.711. The summed E-state index contributed by atoms with van der Waals surface area (Å²) >= 11 is 0. The number of benzene rings is 2. The van der Waals surface area contributed by atoms with Crippen molar-refractivity contribution in [3.8, 4) is 17.1 Å². The number of aromatic nitrogens is 3. The van der Waals surface area contributed by atoms with E-state index in [2.05, 4.69) is 4.98 Å². The first-order valence-electron chi connectivity index (χ1n) is 7.83. The monoisotopic (exact) mass is 347 g/mol. The molecule has 0 atom stereocenters. The summed E-state index contributed by atoms with van der Waals surface area (Å²) in [5, 5.41) is 10.1. The summed E-state index contributed by atoms with van der Waals surface area (Å²) < 4.78 is 2.16. The van der Waals surface area contributed by atoms with E-state index < -0.39 is 22.6 Å². The van der Waals surface area contributed by atoms with E-state index in [1.807, 2.05) is 0 Å². The number of rotatable bonds is 2. The second-order valence-electron chi connectivity index (χ2n) is 5.67. The number of fused-ring (bicyclic) bond motifs is 1. The zero-order valence-corrected chi connectivity index (χ0v) is 13.4. The Hall–Kier alpha value is -3.87. The van der Waals surface area contributed by atoms with Crippen molar-refractivity contribution in [1.82, 2.24) is 14.1 Å². The molecule has 0 aliphatic carbocycles. The lowest BCUT2D eigenvalue weighted by molar-refractivity contribution is 0.479. The van der Waals surface area contributed by atoms with E-state index in [1.165, 1.54) is 4.57 Å². The van der Waals surface area contributed by atoms with E-state index >= 15 is 0 Å². The van der Waals surface area contributed by atoms with Crippen molar-refractivity contribution >= 4 is 11.0 Å². The van der Waals surface area contributed by atoms with E-state index in [1.54, 1.807) is 60.7 Å². The standard InChI is InChI=1S/C19H13N3O4/c23-14-11-15(24)20-17-16(14)18(25)22(13-9-5-2-6-10-13)19(26)21(17)12-7-3-1-4-8-12/h1-11H,(H2,20,23,24). The molecule has 7 nitrogen and oxygen atoms in total. The van der Waals surface area contributed by atoms with Gasteiger partial charge in [-0.3, -0.25) is 9.59 Å². The zero-order valence-electron chi connectivity index (χ0n) is 13.4. The van der Waals surface area contributed by atoms with Gasteiger partial charge in [0, 0.05) is 6.07 Å². The number of hydrogen-bond donors (Lipinski definition) is 2. The Labute approximate surface area is 146 Å². The van der Waals surface area contributed by atoms with Gasteiger partial charge in [-0.2, -0.15) is 0 Å². The summed E-state index contributed by atoms with van der Waals surface area (Å²) in [7, 11) is 0. The number of nitrogens with zero attached hydrogens (tertiary/aromatic N) is 2. The Balaban J connectivity index is 2.28. The maximum Gasteiger partial charge on any atom is 0.341 e. The molecule has 2 N–H and O–H groups in total. The van der Waals surface area contributed by atoms with E-state index in [4.69, 9.17) is 0 Å². The second kappa shape index (κ2) is 5.89. The quantitative estimate of drug-likeness (QED) is 0.575. The van der Waals surface area contributed by atoms with Gasteiger partial charge in [-0.05, 0) is 24.3 Å². The molecule has 0 unspecified atom stereocenters. The topological polar surface area (TPSA) is 97.1 Å². The fourth-order valence-electron chi connectivity index (χ4n) is 2.93. The number of nitrogens with one attached hydrogen (secondary N) is 1. The molecule has 0 spiro atoms. The molecule has 0 saturated carbocycles. The fraction of sp³-hybridized carbons (Fsp3) is 0. The van der Waals surface area contributed by atoms with Gasteiger partial charge in [0.1, 0.15) is 16.8 Å². The van der Waals surface area contributed by atoms with Crippen LogP contribution in [0.15, 0.2) is 81.1 Å². The lowest BCUT2D eigenvalue weighted by Gasteiger charge is -2.14. The van der Waals surface area contributed by atoms with Crippen LogP contribution in [0.2, 0.25) is 0 Å². The van der Waals surface area contributed by atoms with Crippen LogP contribution in [0.25, 0.3) is 22.4 Å². The fourth-order valence-corrected chi connectivity index (χ4v) is 2.93. The molecule has 2 aromatic heterocycles. The van der Waals surface area contributed by atoms with E-state index in [-0.39, 0.29) is 11.0 Å². The first kappa shape index (κ1) is 15.6. The Bertz CT molecular complexity index is 1290. The predicted octanol–water partition coefficient (Wildman–Crippen LogP) is 1.54. The molecule has 26 heavy (non-hydrogen) atoms. The molecule has 0 radical (unpaired) electrons. The molecule has 0 amide bonds. The first-order valence-corrected chi connectivity index (χ1v) is 7.83. The van der Waals surface area contributed by atoms with Crippen molar-refractivity contribution in [2.24, 2.45) is 0 Å². The lowest BCUT2D eigenvalue weighted by atomic mass is 10.2. The lowest BCUT2D eigenvalue weighted by Crippen LogP contribution is -2.39. The molecule has 2 heterocycles. The van der Waals surface area contributed by atoms with Gasteiger partial charge in [0.15, 0.2) is 0 Å². The van der Waals surface area contributed by atoms with Crippen molar-refractivity contribution in [3.05, 3.63) is 97.9 Å². The number of pyridine rings is 1. The molecule has 2 aromatic carbocycles. The summed E-state index contributed by atoms with van der Waals surface area (Å²) in [6, 6.07) is 17.9. The summed E-state index contributed by atoms with van der Waals surface area (Å²) in [6.45, 7) is 0. The number of hydrogen-bond acceptors (Lipinski definition) is 4. The van der Waals surface area contributed by atoms with Crippen molar-refractivity contribution in [1.29, 1.82) is 0 Å². The number of H-pyrrole nitrogens is 1. The van der Waals surface area contributed by atoms with Crippen LogP contribution in [0.1, 0.15) is 0 Å². The van der Waals surface area contributed by atoms with Crippen LogP contribution in [0.5, 0.6) is 5.75 Å². The van der Waals surface area contributed by atoms with Crippen molar-refractivity contribution in [2.75, 3.05) is 0 Å². The molecular weight excluding hydrogens is 334 g/mol. The van der Waals surface area contributed by atoms with Crippen LogP contribution >= 0.6 is 0 Å². The Morgan fingerprint density at radius 1 is 0.769 bits per heavy atom. The van der Waals surface area contributed by atoms with Crippen molar-refractivity contribution in [3.63, 3.8) is 0 Å². The van der Waals surface area contributed by atoms with Gasteiger partial charge in [-0.1, -0.05) is 36.4 Å². The highest BCUT2D eigenvalue weighted by molar-refractivity contribution is 5.82. The summed E-state index contributed by atoms with van der Waals surface area (Å²) in [4.78, 5) is 40.4. The van der Waals surface area contributed by atoms with Gasteiger partial charge in [0.05, 0.1) is 11.4 Å². The van der Waals surface area contributed by atoms with Crippen LogP contribution in [0, 0.1) is 0 Å². The minimum Gasteiger partial charge on any atom is -0.507 e. The van der Waals surface area contributed by atoms with Crippen LogP contribution in [0.4, 0.5) is 0 Å². The largest absolute Gasteiger partial charge is 0.507 e. The molecule has 0 saturated heterocycles. The molecular formula is C19H13N3O4. The summed E-state index contributed by atoms with van der Waals surface area (Å²) in [5.41, 5.74) is -1.22. The van der Waals surface area contributed by atoms with Gasteiger partial charge in [0.2, 0.25) is 0 Å². The summed E-state index contributed by atoms with van der Waals surface area (Å²) in [6.07, 6.45) is 0.